The Hall–Kier alpha value is -5.44. The van der Waals surface area contributed by atoms with Gasteiger partial charge in [0.1, 0.15) is 11.9 Å². The number of nitrogens with zero attached hydrogens (tertiary/aromatic N) is 3. The number of non-ortho nitro benzene ring substituents is 1. The number of para-hydroxylation sites is 2. The number of nitrogens with one attached hydrogen (secondary N) is 1. The Morgan fingerprint density at radius 2 is 1.40 bits per heavy atom. The number of carbonyl (C=O) groups is 3. The third kappa shape index (κ3) is 4.23. The third-order valence-electron chi connectivity index (χ3n) is 7.22. The molecule has 40 heavy (non-hydrogen) atoms. The molecule has 3 unspecified atom stereocenters. The number of nitro groups is 1. The van der Waals surface area contributed by atoms with E-state index in [1.54, 1.807) is 84.9 Å². The monoisotopic (exact) mass is 530 g/mol. The molecular weight excluding hydrogens is 508 g/mol. The van der Waals surface area contributed by atoms with E-state index in [4.69, 9.17) is 4.98 Å². The van der Waals surface area contributed by atoms with Crippen molar-refractivity contribution in [1.82, 2.24) is 14.9 Å². The van der Waals surface area contributed by atoms with Crippen LogP contribution in [0.3, 0.4) is 0 Å². The number of rotatable bonds is 6. The Kier molecular flexibility index (Phi) is 6.24. The molecule has 0 fully saturated rings. The zero-order valence-corrected chi connectivity index (χ0v) is 21.0. The first-order valence-corrected chi connectivity index (χ1v) is 12.6. The molecule has 1 aliphatic heterocycles. The van der Waals surface area contributed by atoms with E-state index in [2.05, 4.69) is 5.32 Å². The van der Waals surface area contributed by atoms with Gasteiger partial charge in [0.2, 0.25) is 0 Å². The van der Waals surface area contributed by atoms with E-state index in [-0.39, 0.29) is 17.3 Å². The quantitative estimate of drug-likeness (QED) is 0.184. The molecule has 9 heteroatoms. The van der Waals surface area contributed by atoms with Gasteiger partial charge in [-0.2, -0.15) is 0 Å². The Morgan fingerprint density at radius 1 is 0.800 bits per heavy atom. The zero-order chi connectivity index (χ0) is 27.8. The second kappa shape index (κ2) is 10.0. The van der Waals surface area contributed by atoms with Crippen LogP contribution in [-0.4, -0.2) is 38.1 Å². The Morgan fingerprint density at radius 3 is 2.05 bits per heavy atom. The highest BCUT2D eigenvalue weighted by atomic mass is 16.6. The normalized spacial score (nSPS) is 18.2. The molecule has 1 N–H and O–H groups in total. The van der Waals surface area contributed by atoms with Gasteiger partial charge in [0, 0.05) is 29.2 Å². The molecule has 9 nitrogen and oxygen atoms in total. The number of hydrogen-bond donors (Lipinski definition) is 1. The van der Waals surface area contributed by atoms with Crippen LogP contribution < -0.4 is 5.32 Å². The summed E-state index contributed by atoms with van der Waals surface area (Å²) in [5, 5.41) is 14.2. The topological polar surface area (TPSA) is 124 Å². The first kappa shape index (κ1) is 24.9. The molecule has 0 bridgehead atoms. The number of ketones is 1. The summed E-state index contributed by atoms with van der Waals surface area (Å²) in [7, 11) is 0. The van der Waals surface area contributed by atoms with Crippen molar-refractivity contribution < 1.29 is 19.3 Å². The van der Waals surface area contributed by atoms with Crippen LogP contribution in [0.15, 0.2) is 109 Å². The molecule has 5 aromatic rings. The average Bonchev–Trinajstić information content (AvgIpc) is 3.38. The maximum absolute atomic E-state index is 14.2. The fourth-order valence-corrected chi connectivity index (χ4v) is 5.36. The number of fused-ring (bicyclic) bond motifs is 3. The minimum atomic E-state index is -1.17. The predicted molar refractivity (Wildman–Crippen MR) is 147 cm³/mol. The molecule has 2 heterocycles. The van der Waals surface area contributed by atoms with Crippen molar-refractivity contribution >= 4 is 34.3 Å². The first-order chi connectivity index (χ1) is 19.4. The van der Waals surface area contributed by atoms with Crippen LogP contribution in [0.1, 0.15) is 48.7 Å². The molecule has 1 aromatic heterocycles. The minimum Gasteiger partial charge on any atom is -0.340 e. The van der Waals surface area contributed by atoms with Crippen molar-refractivity contribution in [1.29, 1.82) is 0 Å². The number of carbonyl (C=O) groups excluding carboxylic acids is 3. The van der Waals surface area contributed by atoms with Gasteiger partial charge in [-0.3, -0.25) is 29.1 Å². The van der Waals surface area contributed by atoms with Gasteiger partial charge in [-0.25, -0.2) is 4.98 Å². The van der Waals surface area contributed by atoms with Crippen molar-refractivity contribution in [2.45, 2.75) is 17.9 Å². The van der Waals surface area contributed by atoms with Gasteiger partial charge in [0.25, 0.3) is 17.5 Å². The maximum Gasteiger partial charge on any atom is 0.269 e. The number of hydrogen-bond acceptors (Lipinski definition) is 6. The van der Waals surface area contributed by atoms with Crippen LogP contribution in [0.2, 0.25) is 0 Å². The van der Waals surface area contributed by atoms with E-state index in [1.807, 2.05) is 0 Å². The van der Waals surface area contributed by atoms with E-state index < -0.39 is 34.6 Å². The average molecular weight is 531 g/mol. The lowest BCUT2D eigenvalue weighted by Gasteiger charge is -2.37. The van der Waals surface area contributed by atoms with Crippen LogP contribution in [0.25, 0.3) is 11.0 Å². The highest BCUT2D eigenvalue weighted by Gasteiger charge is 2.49. The molecule has 0 aliphatic carbocycles. The Bertz CT molecular complexity index is 1760. The summed E-state index contributed by atoms with van der Waals surface area (Å²) in [6, 6.07) is 28.8. The summed E-state index contributed by atoms with van der Waals surface area (Å²) in [5.74, 6) is -2.83. The Labute approximate surface area is 228 Å². The number of amides is 1. The lowest BCUT2D eigenvalue weighted by Crippen LogP contribution is -2.53. The number of benzene rings is 4. The number of nitro benzene ring substituents is 1. The second-order valence-electron chi connectivity index (χ2n) is 9.53. The summed E-state index contributed by atoms with van der Waals surface area (Å²) in [6.07, 6.45) is 0. The van der Waals surface area contributed by atoms with Crippen LogP contribution in [0.4, 0.5) is 5.69 Å². The van der Waals surface area contributed by atoms with Crippen molar-refractivity contribution in [2.75, 3.05) is 0 Å². The maximum atomic E-state index is 14.2. The van der Waals surface area contributed by atoms with Gasteiger partial charge < -0.3 is 5.32 Å². The number of Topliss-reactive ketones (excluding diaryl/α,β-unsaturated/α-hetero) is 1. The van der Waals surface area contributed by atoms with Crippen LogP contribution in [0.5, 0.6) is 0 Å². The molecule has 0 radical (unpaired) electrons. The fourth-order valence-electron chi connectivity index (χ4n) is 5.36. The summed E-state index contributed by atoms with van der Waals surface area (Å²) >= 11 is 0. The molecule has 0 saturated carbocycles. The summed E-state index contributed by atoms with van der Waals surface area (Å²) in [4.78, 5) is 57.4. The molecule has 0 saturated heterocycles. The van der Waals surface area contributed by atoms with Gasteiger partial charge >= 0.3 is 0 Å². The third-order valence-corrected chi connectivity index (χ3v) is 7.22. The minimum absolute atomic E-state index is 0.131. The van der Waals surface area contributed by atoms with Gasteiger partial charge in [-0.05, 0) is 29.8 Å². The van der Waals surface area contributed by atoms with E-state index in [1.165, 1.54) is 28.8 Å². The van der Waals surface area contributed by atoms with Crippen molar-refractivity contribution in [2.24, 2.45) is 0 Å². The molecule has 196 valence electrons. The van der Waals surface area contributed by atoms with E-state index in [9.17, 15) is 24.5 Å². The smallest absolute Gasteiger partial charge is 0.269 e. The standard InChI is InChI=1S/C31H22N4O5/c36-28(20-9-3-1-4-10-20)26-25(19-15-17-22(18-16-19)35(39)40)27(33-30(37)21-11-5-2-6-12-21)31(38)34-24-14-8-7-13-23(24)32-29(26)34/h1-18,25-27H,(H,33,37). The predicted octanol–water partition coefficient (Wildman–Crippen LogP) is 5.15. The van der Waals surface area contributed by atoms with Crippen LogP contribution in [-0.2, 0) is 0 Å². The summed E-state index contributed by atoms with van der Waals surface area (Å²) < 4.78 is 1.42. The van der Waals surface area contributed by atoms with Gasteiger partial charge in [0.15, 0.2) is 5.78 Å². The Balaban J connectivity index is 1.57. The van der Waals surface area contributed by atoms with Crippen molar-refractivity contribution in [3.63, 3.8) is 0 Å². The highest BCUT2D eigenvalue weighted by molar-refractivity contribution is 6.07. The lowest BCUT2D eigenvalue weighted by atomic mass is 9.73. The summed E-state index contributed by atoms with van der Waals surface area (Å²) in [5.41, 5.74) is 2.19. The SMILES string of the molecule is O=C(NC1C(=O)n2c(nc3ccccc32)C(C(=O)c2ccccc2)C1c1ccc([N+](=O)[O-])cc1)c1ccccc1. The zero-order valence-electron chi connectivity index (χ0n) is 21.0. The highest BCUT2D eigenvalue weighted by Crippen LogP contribution is 2.43. The number of imidazole rings is 1. The van der Waals surface area contributed by atoms with Crippen molar-refractivity contribution in [3.05, 3.63) is 142 Å². The molecule has 0 spiro atoms. The largest absolute Gasteiger partial charge is 0.340 e. The van der Waals surface area contributed by atoms with Crippen LogP contribution >= 0.6 is 0 Å². The van der Waals surface area contributed by atoms with Crippen molar-refractivity contribution in [3.8, 4) is 0 Å². The first-order valence-electron chi connectivity index (χ1n) is 12.6. The molecule has 3 atom stereocenters. The van der Waals surface area contributed by atoms with Gasteiger partial charge in [0.05, 0.1) is 21.9 Å². The number of aromatic nitrogens is 2. The van der Waals surface area contributed by atoms with E-state index >= 15 is 0 Å². The van der Waals surface area contributed by atoms with Gasteiger partial charge in [-0.1, -0.05) is 72.8 Å². The summed E-state index contributed by atoms with van der Waals surface area (Å²) in [6.45, 7) is 0. The van der Waals surface area contributed by atoms with E-state index in [0.717, 1.165) is 0 Å². The van der Waals surface area contributed by atoms with Gasteiger partial charge in [-0.15, -0.1) is 0 Å². The molecule has 6 rings (SSSR count). The fraction of sp³-hybridized carbons (Fsp3) is 0.0968. The van der Waals surface area contributed by atoms with Crippen LogP contribution in [0, 0.1) is 10.1 Å². The molecule has 1 aliphatic rings. The molecule has 4 aromatic carbocycles. The molecular formula is C31H22N4O5. The lowest BCUT2D eigenvalue weighted by molar-refractivity contribution is -0.384. The second-order valence-corrected chi connectivity index (χ2v) is 9.53. The van der Waals surface area contributed by atoms with E-state index in [0.29, 0.717) is 27.7 Å². The molecule has 1 amide bonds.